The van der Waals surface area contributed by atoms with Gasteiger partial charge in [0.05, 0.1) is 6.54 Å². The first-order valence-corrected chi connectivity index (χ1v) is 3.19. The zero-order chi connectivity index (χ0) is 7.56. The van der Waals surface area contributed by atoms with Crippen molar-refractivity contribution in [2.45, 2.75) is 19.8 Å². The monoisotopic (exact) mass is 143 g/mol. The Kier molecular flexibility index (Phi) is 1.89. The smallest absolute Gasteiger partial charge is 0.329 e. The second kappa shape index (κ2) is 2.68. The van der Waals surface area contributed by atoms with E-state index in [2.05, 4.69) is 4.84 Å². The molecule has 1 rings (SSSR count). The lowest BCUT2D eigenvalue weighted by molar-refractivity contribution is -0.190. The van der Waals surface area contributed by atoms with Gasteiger partial charge in [-0.15, -0.1) is 0 Å². The molecule has 0 aliphatic carbocycles. The van der Waals surface area contributed by atoms with Crippen molar-refractivity contribution in [3.05, 3.63) is 0 Å². The molecule has 0 saturated carbocycles. The number of carbonyl (C=O) groups is 2. The second-order valence-corrected chi connectivity index (χ2v) is 2.18. The maximum absolute atomic E-state index is 10.8. The SMILES string of the molecule is CC(=O)ON1CCCC1=O. The van der Waals surface area contributed by atoms with Gasteiger partial charge in [0, 0.05) is 13.3 Å². The minimum atomic E-state index is -0.435. The summed E-state index contributed by atoms with van der Waals surface area (Å²) in [4.78, 5) is 25.7. The van der Waals surface area contributed by atoms with E-state index in [1.807, 2.05) is 0 Å². The first-order chi connectivity index (χ1) is 4.70. The highest BCUT2D eigenvalue weighted by Crippen LogP contribution is 2.09. The van der Waals surface area contributed by atoms with E-state index in [4.69, 9.17) is 0 Å². The fraction of sp³-hybridized carbons (Fsp3) is 0.667. The summed E-state index contributed by atoms with van der Waals surface area (Å²) in [7, 11) is 0. The number of hydrogen-bond acceptors (Lipinski definition) is 3. The van der Waals surface area contributed by atoms with Crippen LogP contribution in [0.15, 0.2) is 0 Å². The van der Waals surface area contributed by atoms with Crippen molar-refractivity contribution < 1.29 is 14.4 Å². The Bertz CT molecular complexity index is 166. The van der Waals surface area contributed by atoms with Crippen molar-refractivity contribution in [3.8, 4) is 0 Å². The molecular formula is C6H9NO3. The predicted molar refractivity (Wildman–Crippen MR) is 32.7 cm³/mol. The molecule has 10 heavy (non-hydrogen) atoms. The van der Waals surface area contributed by atoms with Crippen molar-refractivity contribution in [1.29, 1.82) is 0 Å². The van der Waals surface area contributed by atoms with Crippen LogP contribution in [0.3, 0.4) is 0 Å². The molecule has 4 nitrogen and oxygen atoms in total. The normalized spacial score (nSPS) is 17.7. The molecular weight excluding hydrogens is 134 g/mol. The van der Waals surface area contributed by atoms with E-state index in [1.165, 1.54) is 6.92 Å². The molecule has 1 saturated heterocycles. The van der Waals surface area contributed by atoms with Crippen molar-refractivity contribution >= 4 is 11.9 Å². The first-order valence-electron chi connectivity index (χ1n) is 3.19. The second-order valence-electron chi connectivity index (χ2n) is 2.18. The molecule has 0 unspecified atom stereocenters. The molecule has 0 N–H and O–H groups in total. The molecule has 1 aliphatic rings. The maximum Gasteiger partial charge on any atom is 0.329 e. The lowest BCUT2D eigenvalue weighted by atomic mass is 10.4. The molecule has 56 valence electrons. The number of nitrogens with zero attached hydrogens (tertiary/aromatic N) is 1. The molecule has 0 radical (unpaired) electrons. The summed E-state index contributed by atoms with van der Waals surface area (Å²) in [5, 5.41) is 1.11. The van der Waals surface area contributed by atoms with E-state index in [1.54, 1.807) is 0 Å². The van der Waals surface area contributed by atoms with E-state index < -0.39 is 5.97 Å². The van der Waals surface area contributed by atoms with Crippen LogP contribution in [-0.2, 0) is 14.4 Å². The van der Waals surface area contributed by atoms with Gasteiger partial charge in [-0.25, -0.2) is 0 Å². The maximum atomic E-state index is 10.8. The summed E-state index contributed by atoms with van der Waals surface area (Å²) in [6.45, 7) is 1.82. The number of amides is 1. The molecule has 0 aromatic heterocycles. The van der Waals surface area contributed by atoms with Crippen LogP contribution in [0.5, 0.6) is 0 Å². The number of hydroxylamine groups is 2. The third-order valence-electron chi connectivity index (χ3n) is 1.27. The summed E-state index contributed by atoms with van der Waals surface area (Å²) in [6.07, 6.45) is 1.28. The first kappa shape index (κ1) is 7.05. The summed E-state index contributed by atoms with van der Waals surface area (Å²) in [6, 6.07) is 0. The van der Waals surface area contributed by atoms with Gasteiger partial charge in [-0.05, 0) is 6.42 Å². The highest BCUT2D eigenvalue weighted by Gasteiger charge is 2.22. The Morgan fingerprint density at radius 3 is 2.80 bits per heavy atom. The van der Waals surface area contributed by atoms with E-state index in [9.17, 15) is 9.59 Å². The van der Waals surface area contributed by atoms with E-state index in [0.717, 1.165) is 11.5 Å². The molecule has 0 bridgehead atoms. The fourth-order valence-electron chi connectivity index (χ4n) is 0.875. The Morgan fingerprint density at radius 1 is 1.70 bits per heavy atom. The molecule has 1 heterocycles. The van der Waals surface area contributed by atoms with Gasteiger partial charge in [0.2, 0.25) is 0 Å². The van der Waals surface area contributed by atoms with E-state index in [0.29, 0.717) is 13.0 Å². The molecule has 0 spiro atoms. The van der Waals surface area contributed by atoms with Gasteiger partial charge in [-0.3, -0.25) is 9.59 Å². The zero-order valence-corrected chi connectivity index (χ0v) is 5.79. The molecule has 1 fully saturated rings. The van der Waals surface area contributed by atoms with Crippen LogP contribution in [0.2, 0.25) is 0 Å². The third kappa shape index (κ3) is 1.46. The van der Waals surface area contributed by atoms with Crippen LogP contribution < -0.4 is 0 Å². The zero-order valence-electron chi connectivity index (χ0n) is 5.79. The highest BCUT2D eigenvalue weighted by molar-refractivity contribution is 5.79. The minimum Gasteiger partial charge on any atom is -0.338 e. The van der Waals surface area contributed by atoms with E-state index >= 15 is 0 Å². The number of carbonyl (C=O) groups excluding carboxylic acids is 2. The van der Waals surface area contributed by atoms with Gasteiger partial charge in [-0.1, -0.05) is 0 Å². The van der Waals surface area contributed by atoms with Crippen LogP contribution >= 0.6 is 0 Å². The lowest BCUT2D eigenvalue weighted by Crippen LogP contribution is -2.26. The summed E-state index contributed by atoms with van der Waals surface area (Å²) < 4.78 is 0. The molecule has 0 atom stereocenters. The van der Waals surface area contributed by atoms with Crippen LogP contribution in [-0.4, -0.2) is 23.5 Å². The van der Waals surface area contributed by atoms with Gasteiger partial charge >= 0.3 is 5.97 Å². The minimum absolute atomic E-state index is 0.102. The van der Waals surface area contributed by atoms with Gasteiger partial charge in [0.1, 0.15) is 0 Å². The molecule has 0 aromatic carbocycles. The van der Waals surface area contributed by atoms with Gasteiger partial charge in [0.25, 0.3) is 5.91 Å². The molecule has 1 amide bonds. The molecule has 4 heteroatoms. The Hall–Kier alpha value is -1.06. The van der Waals surface area contributed by atoms with Gasteiger partial charge in [-0.2, -0.15) is 5.06 Å². The fourth-order valence-corrected chi connectivity index (χ4v) is 0.875. The summed E-state index contributed by atoms with van der Waals surface area (Å²) >= 11 is 0. The largest absolute Gasteiger partial charge is 0.338 e. The Balaban J connectivity index is 2.40. The topological polar surface area (TPSA) is 46.6 Å². The quantitative estimate of drug-likeness (QED) is 0.522. The van der Waals surface area contributed by atoms with Crippen molar-refractivity contribution in [3.63, 3.8) is 0 Å². The molecule has 0 aromatic rings. The average molecular weight is 143 g/mol. The predicted octanol–water partition coefficient (Wildman–Crippen LogP) is 0.0869. The standard InChI is InChI=1S/C6H9NO3/c1-5(8)10-7-4-2-3-6(7)9/h2-4H2,1H3. The van der Waals surface area contributed by atoms with Crippen LogP contribution in [0.4, 0.5) is 0 Å². The molecule has 1 aliphatic heterocycles. The summed E-state index contributed by atoms with van der Waals surface area (Å²) in [5.74, 6) is -0.537. The average Bonchev–Trinajstić information content (AvgIpc) is 2.15. The van der Waals surface area contributed by atoms with E-state index in [-0.39, 0.29) is 5.91 Å². The third-order valence-corrected chi connectivity index (χ3v) is 1.27. The van der Waals surface area contributed by atoms with Crippen LogP contribution in [0, 0.1) is 0 Å². The number of rotatable bonds is 1. The van der Waals surface area contributed by atoms with Crippen molar-refractivity contribution in [2.75, 3.05) is 6.54 Å². The lowest BCUT2D eigenvalue weighted by Gasteiger charge is -2.11. The van der Waals surface area contributed by atoms with Crippen LogP contribution in [0.25, 0.3) is 0 Å². The number of hydrogen-bond donors (Lipinski definition) is 0. The summed E-state index contributed by atoms with van der Waals surface area (Å²) in [5.41, 5.74) is 0. The van der Waals surface area contributed by atoms with Crippen LogP contribution in [0.1, 0.15) is 19.8 Å². The van der Waals surface area contributed by atoms with Crippen molar-refractivity contribution in [2.24, 2.45) is 0 Å². The Labute approximate surface area is 58.7 Å². The van der Waals surface area contributed by atoms with Crippen molar-refractivity contribution in [1.82, 2.24) is 5.06 Å². The van der Waals surface area contributed by atoms with Gasteiger partial charge in [0.15, 0.2) is 0 Å². The Morgan fingerprint density at radius 2 is 2.40 bits per heavy atom. The highest BCUT2D eigenvalue weighted by atomic mass is 16.7. The van der Waals surface area contributed by atoms with Gasteiger partial charge < -0.3 is 4.84 Å².